The Bertz CT molecular complexity index is 1160. The molecule has 0 saturated carbocycles. The van der Waals surface area contributed by atoms with Gasteiger partial charge in [0.1, 0.15) is 11.3 Å². The number of ether oxygens (including phenoxy) is 2. The average Bonchev–Trinajstić information content (AvgIpc) is 2.79. The summed E-state index contributed by atoms with van der Waals surface area (Å²) in [5, 5.41) is 3.58. The van der Waals surface area contributed by atoms with Crippen LogP contribution in [0.3, 0.4) is 0 Å². The van der Waals surface area contributed by atoms with Gasteiger partial charge in [0.05, 0.1) is 20.3 Å². The number of hydrogen-bond acceptors (Lipinski definition) is 6. The minimum atomic E-state index is -0.0208. The van der Waals surface area contributed by atoms with Crippen LogP contribution >= 0.6 is 0 Å². The van der Waals surface area contributed by atoms with Crippen molar-refractivity contribution in [3.05, 3.63) is 83.7 Å². The number of fused-ring (bicyclic) bond motifs is 1. The lowest BCUT2D eigenvalue weighted by molar-refractivity contribution is 0.354. The van der Waals surface area contributed by atoms with Crippen LogP contribution in [0.2, 0.25) is 0 Å². The van der Waals surface area contributed by atoms with Gasteiger partial charge in [-0.25, -0.2) is 9.97 Å². The maximum atomic E-state index is 5.52. The zero-order valence-electron chi connectivity index (χ0n) is 17.3. The first-order valence-electron chi connectivity index (χ1n) is 9.78. The number of anilines is 1. The first kappa shape index (κ1) is 19.6. The minimum absolute atomic E-state index is 0.0208. The highest BCUT2D eigenvalue weighted by Crippen LogP contribution is 2.33. The van der Waals surface area contributed by atoms with Crippen LogP contribution in [0.4, 0.5) is 5.82 Å². The molecule has 1 N–H and O–H groups in total. The van der Waals surface area contributed by atoms with Crippen LogP contribution in [0.1, 0.15) is 22.7 Å². The summed E-state index contributed by atoms with van der Waals surface area (Å²) < 4.78 is 10.9. The van der Waals surface area contributed by atoms with E-state index in [1.54, 1.807) is 26.6 Å². The highest BCUT2D eigenvalue weighted by Gasteiger charge is 2.17. The standard InChI is InChI=1S/C24H24N4O2/c1-16-6-4-5-7-17(16)14-20(18-8-10-21(29-2)22(15-18)30-3)27-23-11-9-19-24(28-23)26-13-12-25-19/h4-13,15,20H,14H2,1-3H3,(H,26,27,28). The maximum Gasteiger partial charge on any atom is 0.180 e. The van der Waals surface area contributed by atoms with Crippen LogP contribution in [-0.4, -0.2) is 29.2 Å². The van der Waals surface area contributed by atoms with Crippen molar-refractivity contribution >= 4 is 17.0 Å². The van der Waals surface area contributed by atoms with E-state index in [-0.39, 0.29) is 6.04 Å². The molecular formula is C24H24N4O2. The van der Waals surface area contributed by atoms with Crippen molar-refractivity contribution in [3.63, 3.8) is 0 Å². The summed E-state index contributed by atoms with van der Waals surface area (Å²) in [6.45, 7) is 2.13. The molecule has 2 aromatic heterocycles. The number of nitrogens with one attached hydrogen (secondary N) is 1. The van der Waals surface area contributed by atoms with E-state index < -0.39 is 0 Å². The van der Waals surface area contributed by atoms with Gasteiger partial charge in [-0.1, -0.05) is 30.3 Å². The molecule has 0 aliphatic rings. The van der Waals surface area contributed by atoms with E-state index >= 15 is 0 Å². The zero-order valence-corrected chi connectivity index (χ0v) is 17.3. The van der Waals surface area contributed by atoms with E-state index in [1.165, 1.54) is 11.1 Å². The second-order valence-corrected chi connectivity index (χ2v) is 7.04. The van der Waals surface area contributed by atoms with Gasteiger partial charge in [-0.3, -0.25) is 4.98 Å². The normalized spacial score (nSPS) is 11.8. The largest absolute Gasteiger partial charge is 0.493 e. The van der Waals surface area contributed by atoms with E-state index in [9.17, 15) is 0 Å². The molecule has 2 heterocycles. The molecule has 6 nitrogen and oxygen atoms in total. The maximum absolute atomic E-state index is 5.52. The highest BCUT2D eigenvalue weighted by atomic mass is 16.5. The Labute approximate surface area is 175 Å². The van der Waals surface area contributed by atoms with Gasteiger partial charge in [-0.05, 0) is 54.3 Å². The fourth-order valence-electron chi connectivity index (χ4n) is 3.49. The van der Waals surface area contributed by atoms with Crippen LogP contribution < -0.4 is 14.8 Å². The number of methoxy groups -OCH3 is 2. The van der Waals surface area contributed by atoms with Gasteiger partial charge in [-0.15, -0.1) is 0 Å². The molecule has 4 aromatic rings. The fourth-order valence-corrected chi connectivity index (χ4v) is 3.49. The molecule has 0 spiro atoms. The SMILES string of the molecule is COc1ccc(C(Cc2ccccc2C)Nc2ccc3nccnc3n2)cc1OC. The zero-order chi connectivity index (χ0) is 20.9. The van der Waals surface area contributed by atoms with Gasteiger partial charge in [0, 0.05) is 12.4 Å². The molecule has 0 amide bonds. The minimum Gasteiger partial charge on any atom is -0.493 e. The summed E-state index contributed by atoms with van der Waals surface area (Å²) >= 11 is 0. The lowest BCUT2D eigenvalue weighted by Gasteiger charge is -2.22. The van der Waals surface area contributed by atoms with Crippen LogP contribution in [0.5, 0.6) is 11.5 Å². The summed E-state index contributed by atoms with van der Waals surface area (Å²) in [6.07, 6.45) is 4.11. The van der Waals surface area contributed by atoms with Gasteiger partial charge in [0.15, 0.2) is 17.1 Å². The molecule has 0 aliphatic carbocycles. The summed E-state index contributed by atoms with van der Waals surface area (Å²) in [4.78, 5) is 13.3. The number of rotatable bonds is 7. The molecule has 0 radical (unpaired) electrons. The predicted octanol–water partition coefficient (Wildman–Crippen LogP) is 4.75. The van der Waals surface area contributed by atoms with Crippen molar-refractivity contribution in [1.82, 2.24) is 15.0 Å². The molecule has 2 aromatic carbocycles. The number of aryl methyl sites for hydroxylation is 1. The van der Waals surface area contributed by atoms with Crippen molar-refractivity contribution < 1.29 is 9.47 Å². The molecule has 1 atom stereocenters. The van der Waals surface area contributed by atoms with Crippen LogP contribution in [0.15, 0.2) is 67.0 Å². The molecule has 0 saturated heterocycles. The van der Waals surface area contributed by atoms with Gasteiger partial charge in [0.25, 0.3) is 0 Å². The number of benzene rings is 2. The van der Waals surface area contributed by atoms with Crippen molar-refractivity contribution in [2.45, 2.75) is 19.4 Å². The van der Waals surface area contributed by atoms with E-state index in [0.29, 0.717) is 17.1 Å². The van der Waals surface area contributed by atoms with Gasteiger partial charge in [0.2, 0.25) is 0 Å². The molecule has 152 valence electrons. The third-order valence-corrected chi connectivity index (χ3v) is 5.15. The second-order valence-electron chi connectivity index (χ2n) is 7.04. The molecule has 0 aliphatic heterocycles. The average molecular weight is 400 g/mol. The monoisotopic (exact) mass is 400 g/mol. The molecule has 1 unspecified atom stereocenters. The molecular weight excluding hydrogens is 376 g/mol. The first-order valence-corrected chi connectivity index (χ1v) is 9.78. The third kappa shape index (κ3) is 4.17. The van der Waals surface area contributed by atoms with E-state index in [0.717, 1.165) is 23.3 Å². The Morgan fingerprint density at radius 3 is 2.50 bits per heavy atom. The number of nitrogens with zero attached hydrogens (tertiary/aromatic N) is 3. The summed E-state index contributed by atoms with van der Waals surface area (Å²) in [5.74, 6) is 2.15. The molecule has 6 heteroatoms. The van der Waals surface area contributed by atoms with Gasteiger partial charge >= 0.3 is 0 Å². The highest BCUT2D eigenvalue weighted by molar-refractivity contribution is 5.71. The second kappa shape index (κ2) is 8.78. The molecule has 0 fully saturated rings. The Kier molecular flexibility index (Phi) is 5.75. The summed E-state index contributed by atoms with van der Waals surface area (Å²) in [5.41, 5.74) is 4.98. The van der Waals surface area contributed by atoms with E-state index in [4.69, 9.17) is 9.47 Å². The molecule has 0 bridgehead atoms. The van der Waals surface area contributed by atoms with Crippen LogP contribution in [0.25, 0.3) is 11.2 Å². The van der Waals surface area contributed by atoms with Crippen LogP contribution in [-0.2, 0) is 6.42 Å². The van der Waals surface area contributed by atoms with Crippen molar-refractivity contribution in [2.75, 3.05) is 19.5 Å². The Morgan fingerprint density at radius 1 is 0.900 bits per heavy atom. The van der Waals surface area contributed by atoms with Crippen molar-refractivity contribution in [3.8, 4) is 11.5 Å². The summed E-state index contributed by atoms with van der Waals surface area (Å²) in [6, 6.07) is 18.2. The van der Waals surface area contributed by atoms with Crippen LogP contribution in [0, 0.1) is 6.92 Å². The lowest BCUT2D eigenvalue weighted by atomic mass is 9.95. The first-order chi connectivity index (χ1) is 14.7. The summed E-state index contributed by atoms with van der Waals surface area (Å²) in [7, 11) is 3.29. The fraction of sp³-hybridized carbons (Fsp3) is 0.208. The van der Waals surface area contributed by atoms with Gasteiger partial charge < -0.3 is 14.8 Å². The Morgan fingerprint density at radius 2 is 1.70 bits per heavy atom. The number of hydrogen-bond donors (Lipinski definition) is 1. The molecule has 30 heavy (non-hydrogen) atoms. The van der Waals surface area contributed by atoms with Crippen molar-refractivity contribution in [1.29, 1.82) is 0 Å². The van der Waals surface area contributed by atoms with E-state index in [1.807, 2.05) is 24.3 Å². The van der Waals surface area contributed by atoms with Gasteiger partial charge in [-0.2, -0.15) is 0 Å². The smallest absolute Gasteiger partial charge is 0.180 e. The topological polar surface area (TPSA) is 69.2 Å². The predicted molar refractivity (Wildman–Crippen MR) is 118 cm³/mol. The number of pyridine rings is 1. The lowest BCUT2D eigenvalue weighted by Crippen LogP contribution is -2.15. The number of aromatic nitrogens is 3. The van der Waals surface area contributed by atoms with E-state index in [2.05, 4.69) is 57.5 Å². The Hall–Kier alpha value is -3.67. The van der Waals surface area contributed by atoms with Crippen molar-refractivity contribution in [2.24, 2.45) is 0 Å². The molecule has 4 rings (SSSR count). The quantitative estimate of drug-likeness (QED) is 0.483. The third-order valence-electron chi connectivity index (χ3n) is 5.15. The Balaban J connectivity index is 1.71.